The number of ether oxygens (including phenoxy) is 1. The van der Waals surface area contributed by atoms with Gasteiger partial charge in [0.15, 0.2) is 0 Å². The Morgan fingerprint density at radius 1 is 1.17 bits per heavy atom. The van der Waals surface area contributed by atoms with E-state index in [-0.39, 0.29) is 6.03 Å². The van der Waals surface area contributed by atoms with Gasteiger partial charge in [0.2, 0.25) is 0 Å². The van der Waals surface area contributed by atoms with Gasteiger partial charge in [0.05, 0.1) is 13.2 Å². The van der Waals surface area contributed by atoms with Crippen LogP contribution in [-0.2, 0) is 4.74 Å². The van der Waals surface area contributed by atoms with Gasteiger partial charge in [-0.25, -0.2) is 4.79 Å². The van der Waals surface area contributed by atoms with Crippen molar-refractivity contribution in [2.75, 3.05) is 38.3 Å². The Morgan fingerprint density at radius 2 is 1.72 bits per heavy atom. The molecule has 0 aromatic heterocycles. The molecule has 18 heavy (non-hydrogen) atoms. The number of hydrogen-bond donors (Lipinski definition) is 0. The molecule has 0 spiro atoms. The van der Waals surface area contributed by atoms with Gasteiger partial charge >= 0.3 is 6.03 Å². The van der Waals surface area contributed by atoms with Crippen LogP contribution in [0.2, 0.25) is 0 Å². The van der Waals surface area contributed by atoms with Crippen LogP contribution < -0.4 is 4.90 Å². The third kappa shape index (κ3) is 2.82. The Labute approximate surface area is 108 Å². The van der Waals surface area contributed by atoms with Crippen LogP contribution in [-0.4, -0.2) is 44.3 Å². The summed E-state index contributed by atoms with van der Waals surface area (Å²) in [5, 5.41) is 0. The molecule has 1 aromatic rings. The van der Waals surface area contributed by atoms with E-state index < -0.39 is 0 Å². The summed E-state index contributed by atoms with van der Waals surface area (Å²) in [5.41, 5.74) is 3.29. The monoisotopic (exact) mass is 248 g/mol. The van der Waals surface area contributed by atoms with E-state index in [0.29, 0.717) is 26.3 Å². The number of carbonyl (C=O) groups is 1. The zero-order valence-electron chi connectivity index (χ0n) is 11.3. The van der Waals surface area contributed by atoms with Crippen molar-refractivity contribution < 1.29 is 9.53 Å². The maximum absolute atomic E-state index is 12.3. The smallest absolute Gasteiger partial charge is 0.324 e. The largest absolute Gasteiger partial charge is 0.378 e. The van der Waals surface area contributed by atoms with Crippen molar-refractivity contribution in [3.05, 3.63) is 29.3 Å². The number of aryl methyl sites for hydroxylation is 2. The molecule has 0 aliphatic carbocycles. The molecule has 1 heterocycles. The van der Waals surface area contributed by atoms with E-state index in [0.717, 1.165) is 5.69 Å². The number of hydrogen-bond acceptors (Lipinski definition) is 2. The summed E-state index contributed by atoms with van der Waals surface area (Å²) < 4.78 is 5.26. The quantitative estimate of drug-likeness (QED) is 0.763. The molecule has 1 aromatic carbocycles. The molecule has 2 rings (SSSR count). The Hall–Kier alpha value is -1.55. The number of carbonyl (C=O) groups excluding carboxylic acids is 1. The maximum Gasteiger partial charge on any atom is 0.324 e. The first-order valence-corrected chi connectivity index (χ1v) is 6.26. The van der Waals surface area contributed by atoms with E-state index >= 15 is 0 Å². The molecule has 98 valence electrons. The number of rotatable bonds is 1. The van der Waals surface area contributed by atoms with Gasteiger partial charge in [0.25, 0.3) is 0 Å². The van der Waals surface area contributed by atoms with Crippen molar-refractivity contribution in [2.45, 2.75) is 13.8 Å². The van der Waals surface area contributed by atoms with Gasteiger partial charge in [0.1, 0.15) is 0 Å². The van der Waals surface area contributed by atoms with E-state index in [9.17, 15) is 4.79 Å². The van der Waals surface area contributed by atoms with Crippen LogP contribution in [0.5, 0.6) is 0 Å². The molecule has 4 nitrogen and oxygen atoms in total. The third-order valence-electron chi connectivity index (χ3n) is 3.16. The number of morpholine rings is 1. The van der Waals surface area contributed by atoms with Crippen LogP contribution in [0, 0.1) is 13.8 Å². The van der Waals surface area contributed by atoms with Gasteiger partial charge in [-0.1, -0.05) is 6.07 Å². The Balaban J connectivity index is 2.14. The standard InChI is InChI=1S/C14H20N2O2/c1-11-8-12(2)10-13(9-11)15(3)14(17)16-4-6-18-7-5-16/h8-10H,4-7H2,1-3H3. The van der Waals surface area contributed by atoms with Crippen LogP contribution >= 0.6 is 0 Å². The average molecular weight is 248 g/mol. The van der Waals surface area contributed by atoms with E-state index in [1.807, 2.05) is 37.9 Å². The number of benzene rings is 1. The van der Waals surface area contributed by atoms with Gasteiger partial charge in [-0.2, -0.15) is 0 Å². The zero-order chi connectivity index (χ0) is 13.1. The summed E-state index contributed by atoms with van der Waals surface area (Å²) in [6, 6.07) is 6.22. The minimum absolute atomic E-state index is 0.0447. The minimum Gasteiger partial charge on any atom is -0.378 e. The Morgan fingerprint density at radius 3 is 2.28 bits per heavy atom. The van der Waals surface area contributed by atoms with Gasteiger partial charge in [-0.05, 0) is 37.1 Å². The normalized spacial score (nSPS) is 15.6. The highest BCUT2D eigenvalue weighted by Gasteiger charge is 2.21. The summed E-state index contributed by atoms with van der Waals surface area (Å²) >= 11 is 0. The van der Waals surface area contributed by atoms with Crippen molar-refractivity contribution in [2.24, 2.45) is 0 Å². The van der Waals surface area contributed by atoms with Gasteiger partial charge < -0.3 is 9.64 Å². The highest BCUT2D eigenvalue weighted by molar-refractivity contribution is 5.91. The first kappa shape index (κ1) is 12.9. The van der Waals surface area contributed by atoms with Crippen LogP contribution in [0.3, 0.4) is 0 Å². The Kier molecular flexibility index (Phi) is 3.87. The molecule has 1 aliphatic heterocycles. The molecule has 0 saturated carbocycles. The van der Waals surface area contributed by atoms with Crippen LogP contribution in [0.1, 0.15) is 11.1 Å². The number of urea groups is 1. The van der Waals surface area contributed by atoms with Crippen molar-refractivity contribution in [3.63, 3.8) is 0 Å². The van der Waals surface area contributed by atoms with Crippen molar-refractivity contribution >= 4 is 11.7 Å². The van der Waals surface area contributed by atoms with E-state index in [1.165, 1.54) is 11.1 Å². The second-order valence-corrected chi connectivity index (χ2v) is 4.79. The molecular formula is C14H20N2O2. The summed E-state index contributed by atoms with van der Waals surface area (Å²) in [6.07, 6.45) is 0. The topological polar surface area (TPSA) is 32.8 Å². The molecule has 1 saturated heterocycles. The Bertz CT molecular complexity index is 419. The fourth-order valence-electron chi connectivity index (χ4n) is 2.22. The molecule has 0 radical (unpaired) electrons. The lowest BCUT2D eigenvalue weighted by molar-refractivity contribution is 0.0551. The van der Waals surface area contributed by atoms with E-state index in [4.69, 9.17) is 4.74 Å². The number of nitrogens with zero attached hydrogens (tertiary/aromatic N) is 2. The first-order chi connectivity index (χ1) is 8.58. The summed E-state index contributed by atoms with van der Waals surface area (Å²) in [4.78, 5) is 15.9. The fourth-order valence-corrected chi connectivity index (χ4v) is 2.22. The molecule has 2 amide bonds. The van der Waals surface area contributed by atoms with Crippen molar-refractivity contribution in [1.82, 2.24) is 4.90 Å². The van der Waals surface area contributed by atoms with Gasteiger partial charge in [-0.3, -0.25) is 4.90 Å². The second kappa shape index (κ2) is 5.40. The molecule has 0 N–H and O–H groups in total. The zero-order valence-corrected chi connectivity index (χ0v) is 11.3. The predicted octanol–water partition coefficient (Wildman–Crippen LogP) is 2.19. The number of amides is 2. The lowest BCUT2D eigenvalue weighted by atomic mass is 10.1. The van der Waals surface area contributed by atoms with Crippen LogP contribution in [0.25, 0.3) is 0 Å². The summed E-state index contributed by atoms with van der Waals surface area (Å²) in [7, 11) is 1.83. The molecule has 0 atom stereocenters. The van der Waals surface area contributed by atoms with Crippen molar-refractivity contribution in [3.8, 4) is 0 Å². The predicted molar refractivity (Wildman–Crippen MR) is 72.1 cm³/mol. The summed E-state index contributed by atoms with van der Waals surface area (Å²) in [5.74, 6) is 0. The molecule has 1 fully saturated rings. The molecule has 0 unspecified atom stereocenters. The minimum atomic E-state index is 0.0447. The molecule has 1 aliphatic rings. The lowest BCUT2D eigenvalue weighted by Gasteiger charge is -2.31. The highest BCUT2D eigenvalue weighted by Crippen LogP contribution is 2.19. The van der Waals surface area contributed by atoms with E-state index in [2.05, 4.69) is 6.07 Å². The molecule has 4 heteroatoms. The molecular weight excluding hydrogens is 228 g/mol. The van der Waals surface area contributed by atoms with Crippen LogP contribution in [0.15, 0.2) is 18.2 Å². The van der Waals surface area contributed by atoms with Crippen molar-refractivity contribution in [1.29, 1.82) is 0 Å². The maximum atomic E-state index is 12.3. The van der Waals surface area contributed by atoms with Gasteiger partial charge in [-0.15, -0.1) is 0 Å². The lowest BCUT2D eigenvalue weighted by Crippen LogP contribution is -2.47. The third-order valence-corrected chi connectivity index (χ3v) is 3.16. The van der Waals surface area contributed by atoms with Gasteiger partial charge in [0, 0.05) is 25.8 Å². The average Bonchev–Trinajstić information content (AvgIpc) is 2.37. The summed E-state index contributed by atoms with van der Waals surface area (Å²) in [6.45, 7) is 6.70. The number of anilines is 1. The van der Waals surface area contributed by atoms with E-state index in [1.54, 1.807) is 4.90 Å². The fraction of sp³-hybridized carbons (Fsp3) is 0.500. The highest BCUT2D eigenvalue weighted by atomic mass is 16.5. The second-order valence-electron chi connectivity index (χ2n) is 4.79. The molecule has 0 bridgehead atoms. The SMILES string of the molecule is Cc1cc(C)cc(N(C)C(=O)N2CCOCC2)c1. The first-order valence-electron chi connectivity index (χ1n) is 6.26. The van der Waals surface area contributed by atoms with Crippen LogP contribution in [0.4, 0.5) is 10.5 Å².